The zero-order valence-corrected chi connectivity index (χ0v) is 10.8. The van der Waals surface area contributed by atoms with Gasteiger partial charge in [-0.25, -0.2) is 8.42 Å². The molecule has 0 radical (unpaired) electrons. The lowest BCUT2D eigenvalue weighted by Crippen LogP contribution is -2.52. The number of rotatable bonds is 0. The lowest BCUT2D eigenvalue weighted by atomic mass is 10.3. The molecule has 0 bridgehead atoms. The van der Waals surface area contributed by atoms with Crippen molar-refractivity contribution in [3.05, 3.63) is 0 Å². The van der Waals surface area contributed by atoms with Gasteiger partial charge in [0.1, 0.15) is 0 Å². The molecule has 0 saturated carbocycles. The minimum absolute atomic E-state index is 0.0604. The molecule has 0 aliphatic carbocycles. The fourth-order valence-corrected chi connectivity index (χ4v) is 3.15. The molecule has 7 nitrogen and oxygen atoms in total. The molecule has 8 heteroatoms. The summed E-state index contributed by atoms with van der Waals surface area (Å²) in [4.78, 5) is 26.6. The highest BCUT2D eigenvalue weighted by Crippen LogP contribution is 2.06. The second-order valence-corrected chi connectivity index (χ2v) is 6.65. The number of sulfone groups is 1. The number of carbonyl (C=O) groups is 2. The van der Waals surface area contributed by atoms with Crippen LogP contribution in [-0.4, -0.2) is 80.9 Å². The van der Waals surface area contributed by atoms with Crippen molar-refractivity contribution in [1.82, 2.24) is 9.80 Å². The van der Waals surface area contributed by atoms with Gasteiger partial charge in [0, 0.05) is 26.2 Å². The Morgan fingerprint density at radius 1 is 0.833 bits per heavy atom. The van der Waals surface area contributed by atoms with Crippen LogP contribution in [0.4, 0.5) is 0 Å². The van der Waals surface area contributed by atoms with Crippen molar-refractivity contribution in [2.45, 2.75) is 0 Å². The van der Waals surface area contributed by atoms with Crippen molar-refractivity contribution in [3.8, 4) is 0 Å². The van der Waals surface area contributed by atoms with Crippen LogP contribution in [0.3, 0.4) is 0 Å². The molecule has 0 N–H and O–H groups in total. The highest BCUT2D eigenvalue weighted by molar-refractivity contribution is 7.91. The normalized spacial score (nSPS) is 23.8. The molecule has 2 heterocycles. The summed E-state index contributed by atoms with van der Waals surface area (Å²) in [6.45, 7) is 1.92. The maximum atomic E-state index is 11.9. The highest BCUT2D eigenvalue weighted by atomic mass is 32.2. The van der Waals surface area contributed by atoms with Crippen LogP contribution in [0.5, 0.6) is 0 Å². The zero-order valence-electron chi connectivity index (χ0n) is 10.0. The standard InChI is InChI=1S/C10H16N2O5S/c13-9(11-1-5-17-6-2-11)10(14)12-3-7-18(15,16)8-4-12/h1-8H2. The van der Waals surface area contributed by atoms with Gasteiger partial charge in [-0.05, 0) is 0 Å². The highest BCUT2D eigenvalue weighted by Gasteiger charge is 2.31. The van der Waals surface area contributed by atoms with Crippen LogP contribution >= 0.6 is 0 Å². The van der Waals surface area contributed by atoms with E-state index in [1.807, 2.05) is 0 Å². The van der Waals surface area contributed by atoms with Gasteiger partial charge in [-0.3, -0.25) is 9.59 Å². The minimum Gasteiger partial charge on any atom is -0.378 e. The zero-order chi connectivity index (χ0) is 13.2. The average Bonchev–Trinajstić information content (AvgIpc) is 2.38. The third-order valence-electron chi connectivity index (χ3n) is 3.11. The molecule has 2 aliphatic rings. The SMILES string of the molecule is O=C(C(=O)N1CCS(=O)(=O)CC1)N1CCOCC1. The van der Waals surface area contributed by atoms with Crippen LogP contribution in [0, 0.1) is 0 Å². The summed E-state index contributed by atoms with van der Waals surface area (Å²) < 4.78 is 27.6. The van der Waals surface area contributed by atoms with Crippen LogP contribution in [0.1, 0.15) is 0 Å². The predicted molar refractivity (Wildman–Crippen MR) is 62.6 cm³/mol. The number of amides is 2. The van der Waals surface area contributed by atoms with Gasteiger partial charge < -0.3 is 14.5 Å². The summed E-state index contributed by atoms with van der Waals surface area (Å²) in [7, 11) is -3.04. The van der Waals surface area contributed by atoms with Crippen molar-refractivity contribution >= 4 is 21.7 Å². The van der Waals surface area contributed by atoms with Crippen LogP contribution < -0.4 is 0 Å². The largest absolute Gasteiger partial charge is 0.378 e. The minimum atomic E-state index is -3.04. The number of ether oxygens (including phenoxy) is 1. The van der Waals surface area contributed by atoms with Gasteiger partial charge in [0.25, 0.3) is 0 Å². The van der Waals surface area contributed by atoms with Gasteiger partial charge in [-0.2, -0.15) is 0 Å². The molecule has 2 aliphatic heterocycles. The second kappa shape index (κ2) is 5.23. The molecule has 102 valence electrons. The lowest BCUT2D eigenvalue weighted by molar-refractivity contribution is -0.153. The van der Waals surface area contributed by atoms with E-state index in [4.69, 9.17) is 4.74 Å². The lowest BCUT2D eigenvalue weighted by Gasteiger charge is -2.30. The average molecular weight is 276 g/mol. The van der Waals surface area contributed by atoms with E-state index in [0.717, 1.165) is 0 Å². The van der Waals surface area contributed by atoms with E-state index < -0.39 is 21.7 Å². The molecule has 0 aromatic heterocycles. The summed E-state index contributed by atoms with van der Waals surface area (Å²) >= 11 is 0. The Hall–Kier alpha value is -1.15. The van der Waals surface area contributed by atoms with Gasteiger partial charge in [0.2, 0.25) is 0 Å². The first-order valence-corrected chi connectivity index (χ1v) is 7.68. The third kappa shape index (κ3) is 2.99. The number of hydrogen-bond acceptors (Lipinski definition) is 5. The fourth-order valence-electron chi connectivity index (χ4n) is 1.95. The number of morpholine rings is 1. The molecule has 18 heavy (non-hydrogen) atoms. The summed E-state index contributed by atoms with van der Waals surface area (Å²) in [6.07, 6.45) is 0. The second-order valence-electron chi connectivity index (χ2n) is 4.35. The summed E-state index contributed by atoms with van der Waals surface area (Å²) in [5.41, 5.74) is 0. The molecule has 0 unspecified atom stereocenters. The van der Waals surface area contributed by atoms with Crippen molar-refractivity contribution < 1.29 is 22.7 Å². The monoisotopic (exact) mass is 276 g/mol. The van der Waals surface area contributed by atoms with Gasteiger partial charge >= 0.3 is 11.8 Å². The number of hydrogen-bond donors (Lipinski definition) is 0. The van der Waals surface area contributed by atoms with E-state index in [1.165, 1.54) is 9.80 Å². The molecule has 2 saturated heterocycles. The first-order valence-electron chi connectivity index (χ1n) is 5.86. The molecule has 2 amide bonds. The Balaban J connectivity index is 1.93. The third-order valence-corrected chi connectivity index (χ3v) is 4.72. The molecule has 2 rings (SSSR count). The topological polar surface area (TPSA) is 84.0 Å². The maximum Gasteiger partial charge on any atom is 0.312 e. The Labute approximate surface area is 106 Å². The van der Waals surface area contributed by atoms with E-state index in [9.17, 15) is 18.0 Å². The first-order chi connectivity index (χ1) is 8.49. The molecular weight excluding hydrogens is 260 g/mol. The molecular formula is C10H16N2O5S. The Bertz CT molecular complexity index is 427. The van der Waals surface area contributed by atoms with E-state index in [2.05, 4.69) is 0 Å². The summed E-state index contributed by atoms with van der Waals surface area (Å²) in [5, 5.41) is 0. The van der Waals surface area contributed by atoms with E-state index >= 15 is 0 Å². The van der Waals surface area contributed by atoms with Crippen molar-refractivity contribution in [1.29, 1.82) is 0 Å². The van der Waals surface area contributed by atoms with E-state index in [1.54, 1.807) is 0 Å². The van der Waals surface area contributed by atoms with Crippen molar-refractivity contribution in [3.63, 3.8) is 0 Å². The van der Waals surface area contributed by atoms with Crippen LogP contribution in [-0.2, 0) is 24.2 Å². The summed E-state index contributed by atoms with van der Waals surface area (Å²) in [6, 6.07) is 0. The molecule has 0 atom stereocenters. The summed E-state index contributed by atoms with van der Waals surface area (Å²) in [5.74, 6) is -1.28. The Morgan fingerprint density at radius 3 is 1.78 bits per heavy atom. The number of nitrogens with zero attached hydrogens (tertiary/aromatic N) is 2. The van der Waals surface area contributed by atoms with Crippen molar-refractivity contribution in [2.75, 3.05) is 50.9 Å². The molecule has 0 aromatic carbocycles. The Kier molecular flexibility index (Phi) is 3.86. The van der Waals surface area contributed by atoms with Gasteiger partial charge in [0.15, 0.2) is 9.84 Å². The van der Waals surface area contributed by atoms with Crippen molar-refractivity contribution in [2.24, 2.45) is 0 Å². The quantitative estimate of drug-likeness (QED) is 0.483. The van der Waals surface area contributed by atoms with Gasteiger partial charge in [-0.1, -0.05) is 0 Å². The van der Waals surface area contributed by atoms with Gasteiger partial charge in [0.05, 0.1) is 24.7 Å². The van der Waals surface area contributed by atoms with Gasteiger partial charge in [-0.15, -0.1) is 0 Å². The van der Waals surface area contributed by atoms with Crippen LogP contribution in [0.2, 0.25) is 0 Å². The van der Waals surface area contributed by atoms with Crippen LogP contribution in [0.25, 0.3) is 0 Å². The molecule has 2 fully saturated rings. The van der Waals surface area contributed by atoms with Crippen LogP contribution in [0.15, 0.2) is 0 Å². The molecule has 0 spiro atoms. The fraction of sp³-hybridized carbons (Fsp3) is 0.800. The predicted octanol–water partition coefficient (Wildman–Crippen LogP) is -1.90. The molecule has 0 aromatic rings. The first kappa shape index (κ1) is 13.3. The smallest absolute Gasteiger partial charge is 0.312 e. The van der Waals surface area contributed by atoms with E-state index in [-0.39, 0.29) is 24.6 Å². The van der Waals surface area contributed by atoms with E-state index in [0.29, 0.717) is 26.3 Å². The maximum absolute atomic E-state index is 11.9. The number of carbonyl (C=O) groups excluding carboxylic acids is 2. The Morgan fingerprint density at radius 2 is 1.28 bits per heavy atom.